The number of hydrogen-bond donors (Lipinski definition) is 2. The SMILES string of the molecule is CCN1CC2(CC(NC(=O)[C@@H]3CC[C@@H]4CN3C(=O)N4)C2)C1. The molecule has 0 aromatic heterocycles. The molecule has 0 aromatic carbocycles. The molecule has 2 atom stereocenters. The van der Waals surface area contributed by atoms with E-state index >= 15 is 0 Å². The monoisotopic (exact) mass is 292 g/mol. The summed E-state index contributed by atoms with van der Waals surface area (Å²) in [6.45, 7) is 6.40. The van der Waals surface area contributed by atoms with Crippen molar-refractivity contribution in [3.63, 3.8) is 0 Å². The standard InChI is InChI=1S/C15H24N4O2/c1-2-18-8-15(9-18)5-11(6-15)16-13(20)12-4-3-10-7-19(12)14(21)17-10/h10-12H,2-9H2,1H3,(H,16,20)(H,17,21)/t10-,12+/m1/s1. The summed E-state index contributed by atoms with van der Waals surface area (Å²) >= 11 is 0. The molecule has 6 heteroatoms. The maximum Gasteiger partial charge on any atom is 0.318 e. The van der Waals surface area contributed by atoms with Gasteiger partial charge in [0.2, 0.25) is 5.91 Å². The number of fused-ring (bicyclic) bond motifs is 2. The zero-order chi connectivity index (χ0) is 14.6. The first-order valence-corrected chi connectivity index (χ1v) is 8.18. The van der Waals surface area contributed by atoms with Crippen LogP contribution in [0.2, 0.25) is 0 Å². The molecular weight excluding hydrogens is 268 g/mol. The average molecular weight is 292 g/mol. The third-order valence-corrected chi connectivity index (χ3v) is 5.74. The molecule has 4 fully saturated rings. The molecule has 1 aliphatic carbocycles. The number of urea groups is 1. The number of piperidine rings is 1. The van der Waals surface area contributed by atoms with Gasteiger partial charge in [0.15, 0.2) is 0 Å². The van der Waals surface area contributed by atoms with Crippen molar-refractivity contribution in [2.24, 2.45) is 5.41 Å². The van der Waals surface area contributed by atoms with Gasteiger partial charge in [-0.25, -0.2) is 4.79 Å². The summed E-state index contributed by atoms with van der Waals surface area (Å²) in [5, 5.41) is 6.09. The average Bonchev–Trinajstić information content (AvgIpc) is 2.66. The summed E-state index contributed by atoms with van der Waals surface area (Å²) in [5.74, 6) is 0.0528. The van der Waals surface area contributed by atoms with Crippen LogP contribution in [-0.4, -0.2) is 66.0 Å². The highest BCUT2D eigenvalue weighted by molar-refractivity contribution is 5.89. The van der Waals surface area contributed by atoms with E-state index in [1.807, 2.05) is 0 Å². The Balaban J connectivity index is 1.29. The molecule has 4 aliphatic rings. The van der Waals surface area contributed by atoms with Gasteiger partial charge in [-0.15, -0.1) is 0 Å². The van der Waals surface area contributed by atoms with Gasteiger partial charge < -0.3 is 20.4 Å². The summed E-state index contributed by atoms with van der Waals surface area (Å²) in [6, 6.07) is 0.248. The molecule has 1 spiro atoms. The zero-order valence-corrected chi connectivity index (χ0v) is 12.6. The van der Waals surface area contributed by atoms with Crippen LogP contribution in [0.1, 0.15) is 32.6 Å². The molecule has 2 bridgehead atoms. The quantitative estimate of drug-likeness (QED) is 0.778. The van der Waals surface area contributed by atoms with Crippen molar-refractivity contribution >= 4 is 11.9 Å². The number of amides is 3. The Labute approximate surface area is 125 Å². The first-order chi connectivity index (χ1) is 10.1. The van der Waals surface area contributed by atoms with Crippen LogP contribution in [0.25, 0.3) is 0 Å². The van der Waals surface area contributed by atoms with Crippen molar-refractivity contribution < 1.29 is 9.59 Å². The highest BCUT2D eigenvalue weighted by Crippen LogP contribution is 2.48. The van der Waals surface area contributed by atoms with E-state index in [-0.39, 0.29) is 24.0 Å². The molecule has 3 amide bonds. The number of likely N-dealkylation sites (tertiary alicyclic amines) is 1. The molecule has 3 aliphatic heterocycles. The molecule has 0 unspecified atom stereocenters. The number of nitrogens with zero attached hydrogens (tertiary/aromatic N) is 2. The van der Waals surface area contributed by atoms with Crippen molar-refractivity contribution in [1.29, 1.82) is 0 Å². The van der Waals surface area contributed by atoms with Crippen LogP contribution in [0.5, 0.6) is 0 Å². The van der Waals surface area contributed by atoms with Crippen LogP contribution >= 0.6 is 0 Å². The molecule has 6 nitrogen and oxygen atoms in total. The van der Waals surface area contributed by atoms with E-state index in [1.54, 1.807) is 4.90 Å². The number of hydrogen-bond acceptors (Lipinski definition) is 3. The lowest BCUT2D eigenvalue weighted by molar-refractivity contribution is -0.131. The first-order valence-electron chi connectivity index (χ1n) is 8.18. The maximum atomic E-state index is 12.4. The van der Waals surface area contributed by atoms with Crippen LogP contribution in [-0.2, 0) is 4.79 Å². The molecule has 0 aromatic rings. The Hall–Kier alpha value is -1.30. The van der Waals surface area contributed by atoms with Crippen LogP contribution < -0.4 is 10.6 Å². The van der Waals surface area contributed by atoms with Gasteiger partial charge in [-0.05, 0) is 37.6 Å². The van der Waals surface area contributed by atoms with Crippen molar-refractivity contribution in [1.82, 2.24) is 20.4 Å². The summed E-state index contributed by atoms with van der Waals surface area (Å²) < 4.78 is 0. The lowest BCUT2D eigenvalue weighted by atomic mass is 9.60. The molecule has 0 radical (unpaired) electrons. The number of carbonyl (C=O) groups excluding carboxylic acids is 2. The Bertz CT molecular complexity index is 466. The van der Waals surface area contributed by atoms with Crippen molar-refractivity contribution in [3.05, 3.63) is 0 Å². The fourth-order valence-electron chi connectivity index (χ4n) is 4.61. The van der Waals surface area contributed by atoms with E-state index in [4.69, 9.17) is 0 Å². The minimum atomic E-state index is -0.256. The Morgan fingerprint density at radius 2 is 2.14 bits per heavy atom. The van der Waals surface area contributed by atoms with Gasteiger partial charge in [-0.1, -0.05) is 6.92 Å². The van der Waals surface area contributed by atoms with E-state index in [0.717, 1.165) is 32.2 Å². The Morgan fingerprint density at radius 1 is 1.38 bits per heavy atom. The lowest BCUT2D eigenvalue weighted by Crippen LogP contribution is -2.67. The molecule has 1 saturated carbocycles. The predicted octanol–water partition coefficient (Wildman–Crippen LogP) is 0.143. The van der Waals surface area contributed by atoms with E-state index in [9.17, 15) is 9.59 Å². The Kier molecular flexibility index (Phi) is 2.93. The second-order valence-electron chi connectivity index (χ2n) is 7.31. The number of nitrogens with one attached hydrogen (secondary N) is 2. The first kappa shape index (κ1) is 13.4. The van der Waals surface area contributed by atoms with Crippen LogP contribution in [0.15, 0.2) is 0 Å². The lowest BCUT2D eigenvalue weighted by Gasteiger charge is -2.59. The van der Waals surface area contributed by atoms with Gasteiger partial charge in [0.05, 0.1) is 0 Å². The van der Waals surface area contributed by atoms with E-state index in [1.165, 1.54) is 13.1 Å². The van der Waals surface area contributed by atoms with Gasteiger partial charge in [-0.3, -0.25) is 4.79 Å². The fraction of sp³-hybridized carbons (Fsp3) is 0.867. The molecule has 3 heterocycles. The van der Waals surface area contributed by atoms with Gasteiger partial charge >= 0.3 is 6.03 Å². The second kappa shape index (κ2) is 4.60. The van der Waals surface area contributed by atoms with E-state index in [2.05, 4.69) is 22.5 Å². The van der Waals surface area contributed by atoms with Crippen LogP contribution in [0, 0.1) is 5.41 Å². The summed E-state index contributed by atoms with van der Waals surface area (Å²) in [7, 11) is 0. The minimum absolute atomic E-state index is 0.0528. The number of carbonyl (C=O) groups is 2. The predicted molar refractivity (Wildman–Crippen MR) is 77.8 cm³/mol. The maximum absolute atomic E-state index is 12.4. The number of rotatable bonds is 3. The van der Waals surface area contributed by atoms with E-state index < -0.39 is 0 Å². The van der Waals surface area contributed by atoms with Crippen molar-refractivity contribution in [2.45, 2.75) is 50.7 Å². The molecule has 3 saturated heterocycles. The van der Waals surface area contributed by atoms with Gasteiger partial charge in [0.1, 0.15) is 6.04 Å². The van der Waals surface area contributed by atoms with Gasteiger partial charge in [0, 0.05) is 31.7 Å². The normalized spacial score (nSPS) is 34.3. The Morgan fingerprint density at radius 3 is 2.86 bits per heavy atom. The molecule has 4 rings (SSSR count). The third-order valence-electron chi connectivity index (χ3n) is 5.74. The zero-order valence-electron chi connectivity index (χ0n) is 12.6. The smallest absolute Gasteiger partial charge is 0.318 e. The molecule has 21 heavy (non-hydrogen) atoms. The van der Waals surface area contributed by atoms with Crippen LogP contribution in [0.4, 0.5) is 4.79 Å². The van der Waals surface area contributed by atoms with Gasteiger partial charge in [0.25, 0.3) is 0 Å². The van der Waals surface area contributed by atoms with Gasteiger partial charge in [-0.2, -0.15) is 0 Å². The summed E-state index contributed by atoms with van der Waals surface area (Å²) in [6.07, 6.45) is 3.92. The summed E-state index contributed by atoms with van der Waals surface area (Å²) in [5.41, 5.74) is 0.483. The second-order valence-corrected chi connectivity index (χ2v) is 7.31. The summed E-state index contributed by atoms with van der Waals surface area (Å²) in [4.78, 5) is 28.4. The molecule has 2 N–H and O–H groups in total. The minimum Gasteiger partial charge on any atom is -0.352 e. The molecular formula is C15H24N4O2. The largest absolute Gasteiger partial charge is 0.352 e. The topological polar surface area (TPSA) is 64.7 Å². The van der Waals surface area contributed by atoms with E-state index in [0.29, 0.717) is 18.0 Å². The van der Waals surface area contributed by atoms with Crippen molar-refractivity contribution in [2.75, 3.05) is 26.2 Å². The third kappa shape index (κ3) is 2.11. The fourth-order valence-corrected chi connectivity index (χ4v) is 4.61. The van der Waals surface area contributed by atoms with Crippen LogP contribution in [0.3, 0.4) is 0 Å². The highest BCUT2D eigenvalue weighted by atomic mass is 16.2. The highest BCUT2D eigenvalue weighted by Gasteiger charge is 2.52. The molecule has 116 valence electrons. The van der Waals surface area contributed by atoms with Crippen molar-refractivity contribution in [3.8, 4) is 0 Å².